The molecular weight excluding hydrogens is 434 g/mol. The van der Waals surface area contributed by atoms with E-state index in [0.29, 0.717) is 21.3 Å². The van der Waals surface area contributed by atoms with Gasteiger partial charge in [0.15, 0.2) is 5.82 Å². The molecule has 0 bridgehead atoms. The third kappa shape index (κ3) is 3.72. The summed E-state index contributed by atoms with van der Waals surface area (Å²) in [6, 6.07) is 2.31. The van der Waals surface area contributed by atoms with Gasteiger partial charge in [0, 0.05) is 25.0 Å². The number of pyridine rings is 1. The summed E-state index contributed by atoms with van der Waals surface area (Å²) in [4.78, 5) is 14.4. The lowest BCUT2D eigenvalue weighted by molar-refractivity contribution is 0.0563. The van der Waals surface area contributed by atoms with Crippen molar-refractivity contribution in [1.29, 1.82) is 0 Å². The minimum absolute atomic E-state index is 0.0796. The van der Waals surface area contributed by atoms with Gasteiger partial charge in [-0.25, -0.2) is 31.2 Å². The molecule has 0 spiro atoms. The van der Waals surface area contributed by atoms with Crippen molar-refractivity contribution >= 4 is 16.1 Å². The molecule has 0 atom stereocenters. The maximum Gasteiger partial charge on any atom is 0.407 e. The number of hydrogen-bond donors (Lipinski definition) is 1. The van der Waals surface area contributed by atoms with E-state index >= 15 is 4.39 Å². The number of carboxylic acid groups (broad SMARTS) is 1. The van der Waals surface area contributed by atoms with Crippen LogP contribution in [0.4, 0.5) is 22.4 Å². The van der Waals surface area contributed by atoms with E-state index in [1.807, 2.05) is 0 Å². The van der Waals surface area contributed by atoms with Gasteiger partial charge in [0.1, 0.15) is 10.6 Å². The van der Waals surface area contributed by atoms with E-state index in [2.05, 4.69) is 10.1 Å². The average Bonchev–Trinajstić information content (AvgIpc) is 3.29. The molecule has 0 saturated carbocycles. The summed E-state index contributed by atoms with van der Waals surface area (Å²) in [5.41, 5.74) is -1.67. The van der Waals surface area contributed by atoms with Crippen LogP contribution < -0.4 is 0 Å². The maximum absolute atomic E-state index is 15.1. The molecule has 0 aliphatic heterocycles. The monoisotopic (exact) mass is 447 g/mol. The molecule has 3 aromatic rings. The topological polar surface area (TPSA) is 110 Å². The highest BCUT2D eigenvalue weighted by atomic mass is 32.2. The van der Waals surface area contributed by atoms with Gasteiger partial charge in [0.2, 0.25) is 5.95 Å². The summed E-state index contributed by atoms with van der Waals surface area (Å²) in [6.07, 6.45) is 1.56. The number of rotatable bonds is 6. The predicted octanol–water partition coefficient (Wildman–Crippen LogP) is 2.77. The fourth-order valence-corrected chi connectivity index (χ4v) is 3.94. The molecule has 3 rings (SSSR count). The molecule has 0 aliphatic rings. The highest BCUT2D eigenvalue weighted by molar-refractivity contribution is 7.90. The Hall–Kier alpha value is -3.42. The summed E-state index contributed by atoms with van der Waals surface area (Å²) in [5, 5.41) is 12.2. The molecule has 0 radical (unpaired) electrons. The quantitative estimate of drug-likeness (QED) is 0.460. The van der Waals surface area contributed by atoms with Crippen molar-refractivity contribution in [1.82, 2.24) is 23.6 Å². The minimum atomic E-state index is -4.71. The van der Waals surface area contributed by atoms with Gasteiger partial charge in [-0.15, -0.1) is 0 Å². The summed E-state index contributed by atoms with van der Waals surface area (Å²) in [7, 11) is -3.59. The van der Waals surface area contributed by atoms with E-state index in [4.69, 9.17) is 5.11 Å². The third-order valence-electron chi connectivity index (χ3n) is 4.07. The molecule has 0 unspecified atom stereocenters. The van der Waals surface area contributed by atoms with Gasteiger partial charge >= 0.3 is 12.6 Å². The van der Waals surface area contributed by atoms with E-state index in [0.717, 1.165) is 25.5 Å². The smallest absolute Gasteiger partial charge is 0.407 e. The Morgan fingerprint density at radius 2 is 2.00 bits per heavy atom. The number of halogens is 4. The Labute approximate surface area is 166 Å². The molecule has 0 saturated heterocycles. The minimum Gasteiger partial charge on any atom is -0.465 e. The second-order valence-corrected chi connectivity index (χ2v) is 7.85. The van der Waals surface area contributed by atoms with Crippen LogP contribution in [-0.4, -0.2) is 50.3 Å². The Bertz CT molecular complexity index is 1210. The van der Waals surface area contributed by atoms with Crippen molar-refractivity contribution in [2.24, 2.45) is 0 Å². The van der Waals surface area contributed by atoms with Crippen molar-refractivity contribution in [2.45, 2.75) is 18.0 Å². The molecule has 1 N–H and O–H groups in total. The molecule has 0 aliphatic carbocycles. The molecule has 14 heteroatoms. The molecule has 3 heterocycles. The first-order valence-corrected chi connectivity index (χ1v) is 9.50. The highest BCUT2D eigenvalue weighted by Crippen LogP contribution is 2.32. The third-order valence-corrected chi connectivity index (χ3v) is 5.68. The molecular formula is C16H13F4N5O4S. The van der Waals surface area contributed by atoms with E-state index in [9.17, 15) is 26.4 Å². The van der Waals surface area contributed by atoms with Crippen LogP contribution in [0.25, 0.3) is 11.3 Å². The summed E-state index contributed by atoms with van der Waals surface area (Å²) in [6.45, 7) is -3.68. The average molecular weight is 447 g/mol. The van der Waals surface area contributed by atoms with E-state index in [-0.39, 0.29) is 10.2 Å². The van der Waals surface area contributed by atoms with Gasteiger partial charge in [-0.2, -0.15) is 18.3 Å². The Kier molecular flexibility index (Phi) is 5.52. The Morgan fingerprint density at radius 3 is 2.57 bits per heavy atom. The summed E-state index contributed by atoms with van der Waals surface area (Å²) >= 11 is 0. The molecule has 3 aromatic heterocycles. The van der Waals surface area contributed by atoms with Crippen molar-refractivity contribution in [3.05, 3.63) is 54.2 Å². The molecule has 160 valence electrons. The number of hydrogen-bond acceptors (Lipinski definition) is 5. The van der Waals surface area contributed by atoms with Crippen molar-refractivity contribution in [3.8, 4) is 11.3 Å². The van der Waals surface area contributed by atoms with Crippen LogP contribution in [-0.2, 0) is 16.6 Å². The van der Waals surface area contributed by atoms with Crippen molar-refractivity contribution < 1.29 is 35.9 Å². The van der Waals surface area contributed by atoms with E-state index < -0.39 is 57.1 Å². The van der Waals surface area contributed by atoms with Gasteiger partial charge in [-0.1, -0.05) is 0 Å². The lowest BCUT2D eigenvalue weighted by Crippen LogP contribution is -2.24. The lowest BCUT2D eigenvalue weighted by atomic mass is 10.2. The van der Waals surface area contributed by atoms with Crippen LogP contribution in [0.2, 0.25) is 0 Å². The highest BCUT2D eigenvalue weighted by Gasteiger charge is 2.30. The first kappa shape index (κ1) is 21.3. The largest absolute Gasteiger partial charge is 0.465 e. The van der Waals surface area contributed by atoms with Crippen LogP contribution in [0.1, 0.15) is 12.1 Å². The van der Waals surface area contributed by atoms with Gasteiger partial charge in [-0.3, -0.25) is 0 Å². The van der Waals surface area contributed by atoms with Crippen molar-refractivity contribution in [3.63, 3.8) is 0 Å². The SMILES string of the molecule is CN(Cc1cn(S(=O)(=O)c2cnn(C(F)F)c2)c(-c2cccnc2F)c1F)C(=O)O. The number of alkyl halides is 2. The van der Waals surface area contributed by atoms with Gasteiger partial charge in [0.25, 0.3) is 10.0 Å². The number of nitrogens with zero attached hydrogens (tertiary/aromatic N) is 5. The van der Waals surface area contributed by atoms with E-state index in [1.165, 1.54) is 6.07 Å². The fourth-order valence-electron chi connectivity index (χ4n) is 2.61. The van der Waals surface area contributed by atoms with Crippen LogP contribution in [0, 0.1) is 11.8 Å². The molecule has 1 amide bonds. The molecule has 30 heavy (non-hydrogen) atoms. The molecule has 0 aromatic carbocycles. The number of carbonyl (C=O) groups is 1. The first-order valence-electron chi connectivity index (χ1n) is 8.06. The standard InChI is InChI=1S/C16H13F4N5O4S/c1-23(16(26)27)6-9-7-25(13(12(9)17)11-3-2-4-21-14(11)18)30(28,29)10-5-22-24(8-10)15(19)20/h2-5,7-8,15H,6H2,1H3,(H,26,27). The van der Waals surface area contributed by atoms with Gasteiger partial charge < -0.3 is 10.0 Å². The molecule has 0 fully saturated rings. The van der Waals surface area contributed by atoms with Gasteiger partial charge in [-0.05, 0) is 12.1 Å². The second-order valence-electron chi connectivity index (χ2n) is 6.03. The predicted molar refractivity (Wildman–Crippen MR) is 93.1 cm³/mol. The normalized spacial score (nSPS) is 11.8. The van der Waals surface area contributed by atoms with Gasteiger partial charge in [0.05, 0.1) is 24.5 Å². The van der Waals surface area contributed by atoms with Crippen LogP contribution in [0.3, 0.4) is 0 Å². The second kappa shape index (κ2) is 7.78. The van der Waals surface area contributed by atoms with Crippen LogP contribution >= 0.6 is 0 Å². The fraction of sp³-hybridized carbons (Fsp3) is 0.188. The maximum atomic E-state index is 15.1. The Morgan fingerprint density at radius 1 is 1.30 bits per heavy atom. The summed E-state index contributed by atoms with van der Waals surface area (Å²) in [5.74, 6) is -2.40. The van der Waals surface area contributed by atoms with Crippen molar-refractivity contribution in [2.75, 3.05) is 7.05 Å². The summed E-state index contributed by atoms with van der Waals surface area (Å²) < 4.78 is 81.3. The lowest BCUT2D eigenvalue weighted by Gasteiger charge is -2.11. The zero-order valence-electron chi connectivity index (χ0n) is 15.1. The first-order chi connectivity index (χ1) is 14.0. The number of aromatic nitrogens is 4. The van der Waals surface area contributed by atoms with Crippen LogP contribution in [0.5, 0.6) is 0 Å². The Balaban J connectivity index is 2.24. The zero-order valence-corrected chi connectivity index (χ0v) is 15.9. The zero-order chi connectivity index (χ0) is 22.2. The number of amides is 1. The van der Waals surface area contributed by atoms with E-state index in [1.54, 1.807) is 0 Å². The van der Waals surface area contributed by atoms with Crippen LogP contribution in [0.15, 0.2) is 41.8 Å². The molecule has 9 nitrogen and oxygen atoms in total.